The van der Waals surface area contributed by atoms with Crippen LogP contribution in [-0.4, -0.2) is 94.9 Å². The van der Waals surface area contributed by atoms with E-state index in [0.29, 0.717) is 45.2 Å². The van der Waals surface area contributed by atoms with Crippen LogP contribution in [0.5, 0.6) is 0 Å². The van der Waals surface area contributed by atoms with E-state index in [4.69, 9.17) is 5.11 Å². The maximum atomic E-state index is 13.3. The van der Waals surface area contributed by atoms with E-state index in [9.17, 15) is 24.0 Å². The normalized spacial score (nSPS) is 29.0. The number of nitrogens with one attached hydrogen (secondary N) is 3. The Bertz CT molecular complexity index is 777. The standard InChI is InChI=1S/C22H35N5O6/c1-13(2)18-21(32)24-14(19(30)23-8-5-11-28)12-17(29)26-9-4-7-16(26)22(33)27-10-3-6-15(27)20(31)25-18/h13-16,18,28H,3-12H2,1-2H3,(H,23,30)(H,24,32)(H,25,31)/t14-,15+,16-,18-/m0/s1. The molecule has 0 aromatic carbocycles. The molecule has 33 heavy (non-hydrogen) atoms. The predicted molar refractivity (Wildman–Crippen MR) is 117 cm³/mol. The van der Waals surface area contributed by atoms with Crippen molar-refractivity contribution in [1.82, 2.24) is 25.8 Å². The van der Waals surface area contributed by atoms with Crippen LogP contribution in [0, 0.1) is 5.92 Å². The highest BCUT2D eigenvalue weighted by Gasteiger charge is 2.44. The molecule has 0 radical (unpaired) electrons. The van der Waals surface area contributed by atoms with Crippen LogP contribution in [0.3, 0.4) is 0 Å². The van der Waals surface area contributed by atoms with Gasteiger partial charge in [-0.05, 0) is 38.0 Å². The molecule has 0 aliphatic carbocycles. The molecule has 0 unspecified atom stereocenters. The largest absolute Gasteiger partial charge is 0.396 e. The molecule has 3 rings (SSSR count). The lowest BCUT2D eigenvalue weighted by molar-refractivity contribution is -0.147. The zero-order valence-electron chi connectivity index (χ0n) is 19.3. The zero-order chi connectivity index (χ0) is 24.1. The second-order valence-electron chi connectivity index (χ2n) is 9.30. The minimum absolute atomic E-state index is 0.104. The fourth-order valence-electron chi connectivity index (χ4n) is 4.78. The Morgan fingerprint density at radius 1 is 1.03 bits per heavy atom. The summed E-state index contributed by atoms with van der Waals surface area (Å²) in [5.74, 6) is -2.40. The van der Waals surface area contributed by atoms with Gasteiger partial charge in [0.1, 0.15) is 24.2 Å². The highest BCUT2D eigenvalue weighted by atomic mass is 16.3. The first-order chi connectivity index (χ1) is 15.7. The number of fused-ring (bicyclic) bond motifs is 2. The fourth-order valence-corrected chi connectivity index (χ4v) is 4.78. The Morgan fingerprint density at radius 3 is 2.36 bits per heavy atom. The summed E-state index contributed by atoms with van der Waals surface area (Å²) in [6, 6.07) is -3.42. The van der Waals surface area contributed by atoms with Gasteiger partial charge in [0.15, 0.2) is 0 Å². The first kappa shape index (κ1) is 24.9. The van der Waals surface area contributed by atoms with Gasteiger partial charge in [0.25, 0.3) is 0 Å². The van der Waals surface area contributed by atoms with Crippen LogP contribution in [0.15, 0.2) is 0 Å². The lowest BCUT2D eigenvalue weighted by Gasteiger charge is -2.31. The highest BCUT2D eigenvalue weighted by Crippen LogP contribution is 2.26. The smallest absolute Gasteiger partial charge is 0.246 e. The summed E-state index contributed by atoms with van der Waals surface area (Å²) in [6.45, 7) is 4.47. The number of rotatable bonds is 5. The number of aliphatic hydroxyl groups excluding tert-OH is 1. The van der Waals surface area contributed by atoms with E-state index in [2.05, 4.69) is 16.0 Å². The summed E-state index contributed by atoms with van der Waals surface area (Å²) in [5, 5.41) is 17.0. The summed E-state index contributed by atoms with van der Waals surface area (Å²) in [6.07, 6.45) is 2.39. The van der Waals surface area contributed by atoms with Crippen molar-refractivity contribution in [3.8, 4) is 0 Å². The SMILES string of the molecule is CC(C)[C@@H]1NC(=O)[C@H]2CCCN2C(=O)[C@@H]2CCCN2C(=O)C[C@@H](C(=O)NCCCO)NC1=O. The van der Waals surface area contributed by atoms with Gasteiger partial charge in [-0.2, -0.15) is 0 Å². The van der Waals surface area contributed by atoms with Crippen molar-refractivity contribution in [3.05, 3.63) is 0 Å². The molecule has 0 spiro atoms. The summed E-state index contributed by atoms with van der Waals surface area (Å²) in [7, 11) is 0. The molecule has 0 bridgehead atoms. The molecule has 0 aromatic heterocycles. The Kier molecular flexibility index (Phi) is 8.28. The van der Waals surface area contributed by atoms with Gasteiger partial charge in [-0.25, -0.2) is 0 Å². The van der Waals surface area contributed by atoms with Crippen molar-refractivity contribution in [1.29, 1.82) is 0 Å². The first-order valence-electron chi connectivity index (χ1n) is 11.8. The lowest BCUT2D eigenvalue weighted by atomic mass is 10.0. The third-order valence-electron chi connectivity index (χ3n) is 6.59. The van der Waals surface area contributed by atoms with Crippen LogP contribution in [0.1, 0.15) is 52.4 Å². The molecular weight excluding hydrogens is 430 g/mol. The molecule has 11 heteroatoms. The number of hydrogen-bond donors (Lipinski definition) is 4. The van der Waals surface area contributed by atoms with Gasteiger partial charge < -0.3 is 30.9 Å². The fraction of sp³-hybridized carbons (Fsp3) is 0.773. The van der Waals surface area contributed by atoms with E-state index in [0.717, 1.165) is 0 Å². The predicted octanol–water partition coefficient (Wildman–Crippen LogP) is -1.50. The molecular formula is C22H35N5O6. The number of aliphatic hydroxyl groups is 1. The topological polar surface area (TPSA) is 148 Å². The van der Waals surface area contributed by atoms with Crippen molar-refractivity contribution in [2.45, 2.75) is 76.5 Å². The molecule has 0 aromatic rings. The van der Waals surface area contributed by atoms with E-state index >= 15 is 0 Å². The van der Waals surface area contributed by atoms with Crippen LogP contribution >= 0.6 is 0 Å². The Hall–Kier alpha value is -2.69. The van der Waals surface area contributed by atoms with Crippen LogP contribution < -0.4 is 16.0 Å². The van der Waals surface area contributed by atoms with E-state index in [1.54, 1.807) is 13.8 Å². The van der Waals surface area contributed by atoms with Gasteiger partial charge >= 0.3 is 0 Å². The van der Waals surface area contributed by atoms with Crippen LogP contribution in [0.4, 0.5) is 0 Å². The molecule has 4 N–H and O–H groups in total. The lowest BCUT2D eigenvalue weighted by Crippen LogP contribution is -2.58. The molecule has 3 aliphatic rings. The Morgan fingerprint density at radius 2 is 1.70 bits per heavy atom. The van der Waals surface area contributed by atoms with Crippen LogP contribution in [0.2, 0.25) is 0 Å². The summed E-state index contributed by atoms with van der Waals surface area (Å²) in [4.78, 5) is 68.5. The van der Waals surface area contributed by atoms with E-state index < -0.39 is 41.9 Å². The van der Waals surface area contributed by atoms with E-state index in [1.165, 1.54) is 9.80 Å². The molecule has 11 nitrogen and oxygen atoms in total. The van der Waals surface area contributed by atoms with E-state index in [-0.39, 0.29) is 37.3 Å². The number of carbonyl (C=O) groups excluding carboxylic acids is 5. The zero-order valence-corrected chi connectivity index (χ0v) is 19.3. The Balaban J connectivity index is 1.92. The minimum atomic E-state index is -1.15. The molecule has 3 heterocycles. The van der Waals surface area contributed by atoms with Crippen molar-refractivity contribution in [3.63, 3.8) is 0 Å². The minimum Gasteiger partial charge on any atom is -0.396 e. The van der Waals surface area contributed by atoms with Crippen LogP contribution in [0.25, 0.3) is 0 Å². The number of nitrogens with zero attached hydrogens (tertiary/aromatic N) is 2. The van der Waals surface area contributed by atoms with Crippen molar-refractivity contribution in [2.75, 3.05) is 26.2 Å². The third kappa shape index (κ3) is 5.63. The second-order valence-corrected chi connectivity index (χ2v) is 9.30. The van der Waals surface area contributed by atoms with Gasteiger partial charge in [-0.1, -0.05) is 13.8 Å². The number of amides is 5. The average Bonchev–Trinajstić information content (AvgIpc) is 3.45. The molecule has 3 fully saturated rings. The van der Waals surface area contributed by atoms with Crippen LogP contribution in [-0.2, 0) is 24.0 Å². The highest BCUT2D eigenvalue weighted by molar-refractivity contribution is 5.98. The van der Waals surface area contributed by atoms with Gasteiger partial charge in [0, 0.05) is 26.2 Å². The molecule has 3 aliphatic heterocycles. The third-order valence-corrected chi connectivity index (χ3v) is 6.59. The molecule has 4 atom stereocenters. The maximum Gasteiger partial charge on any atom is 0.246 e. The molecule has 184 valence electrons. The molecule has 0 saturated carbocycles. The average molecular weight is 466 g/mol. The van der Waals surface area contributed by atoms with Gasteiger partial charge in [-0.15, -0.1) is 0 Å². The summed E-state index contributed by atoms with van der Waals surface area (Å²) >= 11 is 0. The van der Waals surface area contributed by atoms with Gasteiger partial charge in [0.2, 0.25) is 29.5 Å². The Labute approximate surface area is 193 Å². The van der Waals surface area contributed by atoms with Gasteiger partial charge in [0.05, 0.1) is 6.42 Å². The van der Waals surface area contributed by atoms with Gasteiger partial charge in [-0.3, -0.25) is 24.0 Å². The number of carbonyl (C=O) groups is 5. The summed E-state index contributed by atoms with van der Waals surface area (Å²) in [5.41, 5.74) is 0. The quantitative estimate of drug-likeness (QED) is 0.363. The second kappa shape index (κ2) is 11.0. The first-order valence-corrected chi connectivity index (χ1v) is 11.8. The molecule has 5 amide bonds. The van der Waals surface area contributed by atoms with Crippen molar-refractivity contribution in [2.24, 2.45) is 5.92 Å². The van der Waals surface area contributed by atoms with E-state index in [1.807, 2.05) is 0 Å². The molecule has 3 saturated heterocycles. The maximum absolute atomic E-state index is 13.3. The van der Waals surface area contributed by atoms with Crippen molar-refractivity contribution >= 4 is 29.5 Å². The number of hydrogen-bond acceptors (Lipinski definition) is 6. The summed E-state index contributed by atoms with van der Waals surface area (Å²) < 4.78 is 0. The van der Waals surface area contributed by atoms with Crippen molar-refractivity contribution < 1.29 is 29.1 Å². The monoisotopic (exact) mass is 465 g/mol.